The highest BCUT2D eigenvalue weighted by molar-refractivity contribution is 6.15. The van der Waals surface area contributed by atoms with Gasteiger partial charge in [-0.25, -0.2) is 0 Å². The van der Waals surface area contributed by atoms with E-state index < -0.39 is 0 Å². The molecule has 0 atom stereocenters. The van der Waals surface area contributed by atoms with Gasteiger partial charge in [0.2, 0.25) is 0 Å². The Morgan fingerprint density at radius 3 is 1.27 bits per heavy atom. The predicted molar refractivity (Wildman–Crippen MR) is 296 cm³/mol. The molecule has 336 valence electrons. The number of hydrogen-bond acceptors (Lipinski definition) is 4. The van der Waals surface area contributed by atoms with Crippen LogP contribution >= 0.6 is 0 Å². The zero-order valence-corrected chi connectivity index (χ0v) is 39.3. The second-order valence-corrected chi connectivity index (χ2v) is 19.2. The maximum atomic E-state index is 7.01. The normalized spacial score (nSPS) is 12.8. The standard InChI is InChI=1S/C67H46N2O2/c1-67(2)59-42-49(69(47-25-13-6-14-26-47)61-34-18-32-58-56-30-16-28-52(64(56)71-66(58)61)44-21-9-4-10-22-44)37-40-53(59)54-38-35-45-41-48(36-39-50(45)62(54)67)68(46-23-11-5-12-24-46)60-33-17-31-57-55-29-15-27-51(63(55)70-65(57)60)43-19-7-3-8-20-43/h3-42H,1-2H3. The van der Waals surface area contributed by atoms with Gasteiger partial charge in [0, 0.05) is 60.8 Å². The zero-order chi connectivity index (χ0) is 47.2. The maximum absolute atomic E-state index is 7.01. The largest absolute Gasteiger partial charge is 0.453 e. The summed E-state index contributed by atoms with van der Waals surface area (Å²) < 4.78 is 14.0. The van der Waals surface area contributed by atoms with Crippen LogP contribution in [0.3, 0.4) is 0 Å². The number of anilines is 6. The third kappa shape index (κ3) is 6.38. The molecule has 0 unspecified atom stereocenters. The molecule has 0 radical (unpaired) electrons. The molecule has 2 aromatic heterocycles. The van der Waals surface area contributed by atoms with E-state index in [1.165, 1.54) is 33.0 Å². The van der Waals surface area contributed by atoms with E-state index in [1.54, 1.807) is 0 Å². The highest BCUT2D eigenvalue weighted by Gasteiger charge is 2.38. The summed E-state index contributed by atoms with van der Waals surface area (Å²) in [6.45, 7) is 4.77. The van der Waals surface area contributed by atoms with Gasteiger partial charge in [-0.1, -0.05) is 196 Å². The molecule has 0 amide bonds. The number of hydrogen-bond donors (Lipinski definition) is 0. The summed E-state index contributed by atoms with van der Waals surface area (Å²) >= 11 is 0. The molecule has 0 fully saturated rings. The van der Waals surface area contributed by atoms with Gasteiger partial charge in [-0.15, -0.1) is 0 Å². The van der Waals surface area contributed by atoms with Gasteiger partial charge in [0.25, 0.3) is 0 Å². The zero-order valence-electron chi connectivity index (χ0n) is 39.3. The van der Waals surface area contributed by atoms with Crippen molar-refractivity contribution in [2.45, 2.75) is 19.3 Å². The Kier molecular flexibility index (Phi) is 9.21. The Morgan fingerprint density at radius 2 is 0.746 bits per heavy atom. The summed E-state index contributed by atoms with van der Waals surface area (Å²) in [7, 11) is 0. The van der Waals surface area contributed by atoms with Crippen LogP contribution in [-0.4, -0.2) is 0 Å². The summed E-state index contributed by atoms with van der Waals surface area (Å²) in [4.78, 5) is 4.70. The number of rotatable bonds is 8. The van der Waals surface area contributed by atoms with Gasteiger partial charge in [-0.05, 0) is 105 Å². The molecule has 14 rings (SSSR count). The van der Waals surface area contributed by atoms with Crippen molar-refractivity contribution in [1.29, 1.82) is 0 Å². The lowest BCUT2D eigenvalue weighted by Crippen LogP contribution is -2.17. The molecule has 2 heterocycles. The van der Waals surface area contributed by atoms with Crippen LogP contribution in [0, 0.1) is 0 Å². The van der Waals surface area contributed by atoms with E-state index in [1.807, 2.05) is 0 Å². The summed E-state index contributed by atoms with van der Waals surface area (Å²) in [6, 6.07) is 86.9. The van der Waals surface area contributed by atoms with Crippen molar-refractivity contribution < 1.29 is 8.83 Å². The van der Waals surface area contributed by atoms with Gasteiger partial charge in [0.05, 0.1) is 11.4 Å². The number of benzene rings is 11. The predicted octanol–water partition coefficient (Wildman–Crippen LogP) is 19.2. The topological polar surface area (TPSA) is 32.8 Å². The van der Waals surface area contributed by atoms with Gasteiger partial charge >= 0.3 is 0 Å². The fraction of sp³-hybridized carbons (Fsp3) is 0.0448. The number of nitrogens with zero attached hydrogens (tertiary/aromatic N) is 2. The minimum Gasteiger partial charge on any atom is -0.453 e. The first-order valence-electron chi connectivity index (χ1n) is 24.4. The van der Waals surface area contributed by atoms with Crippen LogP contribution in [0.4, 0.5) is 34.1 Å². The van der Waals surface area contributed by atoms with Gasteiger partial charge < -0.3 is 18.6 Å². The van der Waals surface area contributed by atoms with Crippen LogP contribution in [-0.2, 0) is 5.41 Å². The molecule has 71 heavy (non-hydrogen) atoms. The average molecular weight is 911 g/mol. The minimum atomic E-state index is -0.310. The first-order valence-corrected chi connectivity index (χ1v) is 24.4. The monoisotopic (exact) mass is 910 g/mol. The number of fused-ring (bicyclic) bond motifs is 11. The molecular weight excluding hydrogens is 865 g/mol. The molecule has 0 aliphatic heterocycles. The van der Waals surface area contributed by atoms with Crippen molar-refractivity contribution in [1.82, 2.24) is 0 Å². The van der Waals surface area contributed by atoms with Crippen LogP contribution in [0.5, 0.6) is 0 Å². The highest BCUT2D eigenvalue weighted by atomic mass is 16.3. The summed E-state index contributed by atoms with van der Waals surface area (Å²) in [5.41, 5.74) is 19.0. The average Bonchev–Trinajstić information content (AvgIpc) is 4.08. The molecule has 0 bridgehead atoms. The molecule has 4 heteroatoms. The van der Waals surface area contributed by atoms with Crippen molar-refractivity contribution in [2.24, 2.45) is 0 Å². The van der Waals surface area contributed by atoms with E-state index in [0.717, 1.165) is 100 Å². The molecule has 0 spiro atoms. The van der Waals surface area contributed by atoms with Gasteiger partial charge in [-0.2, -0.15) is 0 Å². The quantitative estimate of drug-likeness (QED) is 0.152. The minimum absolute atomic E-state index is 0.310. The molecule has 1 aliphatic carbocycles. The molecular formula is C67H46N2O2. The molecule has 0 N–H and O–H groups in total. The van der Waals surface area contributed by atoms with Crippen molar-refractivity contribution in [3.63, 3.8) is 0 Å². The fourth-order valence-electron chi connectivity index (χ4n) is 11.6. The van der Waals surface area contributed by atoms with Gasteiger partial charge in [0.1, 0.15) is 11.2 Å². The van der Waals surface area contributed by atoms with Crippen molar-refractivity contribution in [3.05, 3.63) is 254 Å². The Morgan fingerprint density at radius 1 is 0.310 bits per heavy atom. The third-order valence-corrected chi connectivity index (χ3v) is 14.8. The van der Waals surface area contributed by atoms with Gasteiger partial charge in [-0.3, -0.25) is 0 Å². The SMILES string of the molecule is CC1(C)c2cc(N(c3ccccc3)c3cccc4c3oc3c(-c5ccccc5)cccc34)ccc2-c2ccc3cc(N(c4ccccc4)c4cccc5c4oc4c(-c6ccccc6)cccc45)ccc3c21. The Balaban J connectivity index is 0.888. The van der Waals surface area contributed by atoms with Crippen LogP contribution in [0.1, 0.15) is 25.0 Å². The molecule has 0 saturated heterocycles. The van der Waals surface area contributed by atoms with Crippen molar-refractivity contribution in [2.75, 3.05) is 9.80 Å². The smallest absolute Gasteiger partial charge is 0.159 e. The summed E-state index contributed by atoms with van der Waals surface area (Å²) in [5, 5.41) is 6.82. The molecule has 11 aromatic carbocycles. The number of furan rings is 2. The second-order valence-electron chi connectivity index (χ2n) is 19.2. The van der Waals surface area contributed by atoms with Gasteiger partial charge in [0.15, 0.2) is 11.2 Å². The molecule has 0 saturated carbocycles. The Hall–Kier alpha value is -9.12. The van der Waals surface area contributed by atoms with Crippen LogP contribution in [0.25, 0.3) is 88.0 Å². The van der Waals surface area contributed by atoms with Crippen molar-refractivity contribution in [3.8, 4) is 33.4 Å². The van der Waals surface area contributed by atoms with E-state index in [0.29, 0.717) is 0 Å². The molecule has 13 aromatic rings. The fourth-order valence-corrected chi connectivity index (χ4v) is 11.6. The number of para-hydroxylation sites is 6. The van der Waals surface area contributed by atoms with E-state index in [2.05, 4.69) is 266 Å². The Bertz CT molecular complexity index is 4190. The lowest BCUT2D eigenvalue weighted by Gasteiger charge is -2.28. The Labute approximate surface area is 411 Å². The van der Waals surface area contributed by atoms with E-state index >= 15 is 0 Å². The lowest BCUT2D eigenvalue weighted by atomic mass is 9.80. The molecule has 1 aliphatic rings. The molecule has 4 nitrogen and oxygen atoms in total. The van der Waals surface area contributed by atoms with E-state index in [9.17, 15) is 0 Å². The van der Waals surface area contributed by atoms with E-state index in [4.69, 9.17) is 8.83 Å². The van der Waals surface area contributed by atoms with Crippen LogP contribution in [0.15, 0.2) is 251 Å². The second kappa shape index (κ2) is 16.0. The summed E-state index contributed by atoms with van der Waals surface area (Å²) in [5.74, 6) is 0. The first kappa shape index (κ1) is 40.9. The third-order valence-electron chi connectivity index (χ3n) is 14.8. The first-order chi connectivity index (χ1) is 35.0. The lowest BCUT2D eigenvalue weighted by molar-refractivity contribution is 0.666. The highest BCUT2D eigenvalue weighted by Crippen LogP contribution is 2.54. The van der Waals surface area contributed by atoms with Crippen LogP contribution in [0.2, 0.25) is 0 Å². The maximum Gasteiger partial charge on any atom is 0.159 e. The van der Waals surface area contributed by atoms with E-state index in [-0.39, 0.29) is 5.41 Å². The van der Waals surface area contributed by atoms with Crippen molar-refractivity contribution >= 4 is 88.8 Å². The summed E-state index contributed by atoms with van der Waals surface area (Å²) in [6.07, 6.45) is 0. The van der Waals surface area contributed by atoms with Crippen LogP contribution < -0.4 is 9.80 Å².